The van der Waals surface area contributed by atoms with E-state index in [9.17, 15) is 0 Å². The van der Waals surface area contributed by atoms with Gasteiger partial charge in [0.15, 0.2) is 0 Å². The number of nitrogens with two attached hydrogens (primary N) is 1. The van der Waals surface area contributed by atoms with E-state index in [0.29, 0.717) is 0 Å². The Hall–Kier alpha value is -0.840. The van der Waals surface area contributed by atoms with Crippen LogP contribution in [0.1, 0.15) is 0 Å². The van der Waals surface area contributed by atoms with Crippen LogP contribution in [0, 0.1) is 5.41 Å². The van der Waals surface area contributed by atoms with Crippen LogP contribution in [0.15, 0.2) is 5.51 Å². The molecule has 0 aromatic carbocycles. The molecule has 0 bridgehead atoms. The molecule has 0 aliphatic heterocycles. The highest BCUT2D eigenvalue weighted by atomic mass is 32.1. The highest BCUT2D eigenvalue weighted by Gasteiger charge is 1.80. The van der Waals surface area contributed by atoms with Gasteiger partial charge < -0.3 is 5.84 Å². The predicted molar refractivity (Wildman–Crippen MR) is 26.1 cm³/mol. The summed E-state index contributed by atoms with van der Waals surface area (Å²) in [5, 5.41) is 10.4. The van der Waals surface area contributed by atoms with E-state index in [1.165, 1.54) is 16.8 Å². The second kappa shape index (κ2) is 1.34. The normalized spacial score (nSPS) is 9.14. The minimum atomic E-state index is 0.264. The molecule has 1 rings (SSSR count). The summed E-state index contributed by atoms with van der Waals surface area (Å²) in [6.07, 6.45) is 0. The Morgan fingerprint density at radius 2 is 2.71 bits per heavy atom. The maximum Gasteiger partial charge on any atom is 0.220 e. The fraction of sp³-hybridized carbons (Fsp3) is 0. The first-order valence-electron chi connectivity index (χ1n) is 1.63. The largest absolute Gasteiger partial charge is 0.320 e. The fourth-order valence-corrected chi connectivity index (χ4v) is 0.634. The third-order valence-electron chi connectivity index (χ3n) is 0.544. The first-order chi connectivity index (χ1) is 3.30. The van der Waals surface area contributed by atoms with Crippen LogP contribution in [0.2, 0.25) is 0 Å². The molecule has 3 N–H and O–H groups in total. The molecule has 0 radical (unpaired) electrons. The average molecular weight is 116 g/mol. The number of nitrogens with zero attached hydrogens (tertiary/aromatic N) is 2. The Morgan fingerprint density at radius 1 is 2.00 bits per heavy atom. The zero-order chi connectivity index (χ0) is 5.28. The third kappa shape index (κ3) is 0.614. The van der Waals surface area contributed by atoms with Gasteiger partial charge in [-0.1, -0.05) is 11.3 Å². The highest BCUT2D eigenvalue weighted by Crippen LogP contribution is 1.73. The van der Waals surface area contributed by atoms with E-state index >= 15 is 0 Å². The summed E-state index contributed by atoms with van der Waals surface area (Å²) in [6, 6.07) is 0. The van der Waals surface area contributed by atoms with Crippen molar-refractivity contribution < 1.29 is 0 Å². The van der Waals surface area contributed by atoms with Crippen molar-refractivity contribution in [2.75, 3.05) is 5.84 Å². The van der Waals surface area contributed by atoms with Crippen molar-refractivity contribution >= 4 is 11.3 Å². The van der Waals surface area contributed by atoms with E-state index in [4.69, 9.17) is 11.3 Å². The maximum atomic E-state index is 6.89. The topological polar surface area (TPSA) is 67.7 Å². The van der Waals surface area contributed by atoms with Crippen LogP contribution in [0.25, 0.3) is 0 Å². The first-order valence-corrected chi connectivity index (χ1v) is 2.51. The molecule has 1 aromatic heterocycles. The second-order valence-corrected chi connectivity index (χ2v) is 1.82. The summed E-state index contributed by atoms with van der Waals surface area (Å²) < 4.78 is 0. The van der Waals surface area contributed by atoms with Gasteiger partial charge in [-0.2, -0.15) is 4.79 Å². The van der Waals surface area contributed by atoms with E-state index in [1.54, 1.807) is 0 Å². The van der Waals surface area contributed by atoms with Crippen molar-refractivity contribution in [2.45, 2.75) is 0 Å². The number of nitrogen functional groups attached to an aromatic ring is 1. The van der Waals surface area contributed by atoms with Crippen LogP contribution < -0.4 is 10.6 Å². The van der Waals surface area contributed by atoms with Crippen LogP contribution in [0.5, 0.6) is 0 Å². The quantitative estimate of drug-likeness (QED) is 0.433. The van der Waals surface area contributed by atoms with Crippen molar-refractivity contribution in [3.05, 3.63) is 10.3 Å². The molecule has 0 spiro atoms. The van der Waals surface area contributed by atoms with Gasteiger partial charge >= 0.3 is 0 Å². The van der Waals surface area contributed by atoms with Crippen molar-refractivity contribution in [1.29, 1.82) is 5.41 Å². The van der Waals surface area contributed by atoms with Gasteiger partial charge in [-0.15, -0.1) is 5.10 Å². The van der Waals surface area contributed by atoms with Gasteiger partial charge in [-0.3, -0.25) is 5.41 Å². The first kappa shape index (κ1) is 4.32. The molecule has 1 heterocycles. The van der Waals surface area contributed by atoms with Gasteiger partial charge in [-0.25, -0.2) is 0 Å². The SMILES string of the molecule is N=c1scnn1N. The molecule has 7 heavy (non-hydrogen) atoms. The zero-order valence-electron chi connectivity index (χ0n) is 3.46. The van der Waals surface area contributed by atoms with Crippen LogP contribution in [0.4, 0.5) is 0 Å². The van der Waals surface area contributed by atoms with E-state index in [2.05, 4.69) is 5.10 Å². The number of nitrogens with one attached hydrogen (secondary N) is 1. The second-order valence-electron chi connectivity index (χ2n) is 0.988. The molecule has 5 heteroatoms. The number of aromatic nitrogens is 2. The molecule has 0 saturated heterocycles. The lowest BCUT2D eigenvalue weighted by molar-refractivity contribution is 0.777. The van der Waals surface area contributed by atoms with Gasteiger partial charge in [-0.05, 0) is 0 Å². The summed E-state index contributed by atoms with van der Waals surface area (Å²) >= 11 is 1.20. The Kier molecular flexibility index (Phi) is 0.828. The minimum absolute atomic E-state index is 0.264. The average Bonchev–Trinajstić information content (AvgIpc) is 1.91. The van der Waals surface area contributed by atoms with Crippen molar-refractivity contribution in [3.8, 4) is 0 Å². The van der Waals surface area contributed by atoms with Crippen molar-refractivity contribution in [2.24, 2.45) is 0 Å². The van der Waals surface area contributed by atoms with Crippen molar-refractivity contribution in [3.63, 3.8) is 0 Å². The minimum Gasteiger partial charge on any atom is -0.320 e. The standard InChI is InChI=1S/C2H4N4S/c3-2-6(4)5-1-7-2/h1,3H,4H2. The molecule has 0 aliphatic carbocycles. The summed E-state index contributed by atoms with van der Waals surface area (Å²) in [6.45, 7) is 0. The molecule has 0 amide bonds. The fourth-order valence-electron chi connectivity index (χ4n) is 0.231. The lowest BCUT2D eigenvalue weighted by atomic mass is 11.4. The maximum absolute atomic E-state index is 6.89. The van der Waals surface area contributed by atoms with Gasteiger partial charge in [0, 0.05) is 0 Å². The number of rotatable bonds is 0. The Labute approximate surface area is 43.7 Å². The molecule has 4 nitrogen and oxygen atoms in total. The van der Waals surface area contributed by atoms with Crippen molar-refractivity contribution in [1.82, 2.24) is 9.89 Å². The zero-order valence-corrected chi connectivity index (χ0v) is 4.27. The smallest absolute Gasteiger partial charge is 0.220 e. The van der Waals surface area contributed by atoms with Gasteiger partial charge in [0.1, 0.15) is 5.51 Å². The Morgan fingerprint density at radius 3 is 2.86 bits per heavy atom. The lowest BCUT2D eigenvalue weighted by Crippen LogP contribution is -2.22. The number of hydrogen-bond donors (Lipinski definition) is 2. The van der Waals surface area contributed by atoms with Crippen LogP contribution in [-0.2, 0) is 0 Å². The molecule has 0 atom stereocenters. The number of hydrogen-bond acceptors (Lipinski definition) is 4. The Balaban J connectivity index is 3.39. The van der Waals surface area contributed by atoms with Crippen LogP contribution >= 0.6 is 11.3 Å². The molecule has 1 aromatic rings. The summed E-state index contributed by atoms with van der Waals surface area (Å²) in [4.78, 5) is 1.28. The summed E-state index contributed by atoms with van der Waals surface area (Å²) in [7, 11) is 0. The van der Waals surface area contributed by atoms with Gasteiger partial charge in [0.05, 0.1) is 0 Å². The van der Waals surface area contributed by atoms with Gasteiger partial charge in [0.25, 0.3) is 0 Å². The molecule has 0 saturated carbocycles. The Bertz CT molecular complexity index is 197. The van der Waals surface area contributed by atoms with Crippen LogP contribution in [0.3, 0.4) is 0 Å². The monoisotopic (exact) mass is 116 g/mol. The van der Waals surface area contributed by atoms with Crippen LogP contribution in [-0.4, -0.2) is 9.89 Å². The molecular formula is C2H4N4S. The predicted octanol–water partition coefficient (Wildman–Crippen LogP) is -0.862. The van der Waals surface area contributed by atoms with E-state index < -0.39 is 0 Å². The van der Waals surface area contributed by atoms with E-state index in [1.807, 2.05) is 0 Å². The third-order valence-corrected chi connectivity index (χ3v) is 1.15. The van der Waals surface area contributed by atoms with Gasteiger partial charge in [0.2, 0.25) is 4.80 Å². The highest BCUT2D eigenvalue weighted by molar-refractivity contribution is 7.06. The molecular weight excluding hydrogens is 112 g/mol. The summed E-state index contributed by atoms with van der Waals surface area (Å²) in [5.74, 6) is 5.07. The lowest BCUT2D eigenvalue weighted by Gasteiger charge is -1.78. The van der Waals surface area contributed by atoms with E-state index in [0.717, 1.165) is 4.79 Å². The molecule has 0 unspecified atom stereocenters. The molecule has 0 fully saturated rings. The summed E-state index contributed by atoms with van der Waals surface area (Å²) in [5.41, 5.74) is 1.52. The molecule has 0 aliphatic rings. The van der Waals surface area contributed by atoms with E-state index in [-0.39, 0.29) is 4.80 Å². The molecule has 38 valence electrons.